The number of nitrogens with two attached hydrogens (primary N) is 1. The Labute approximate surface area is 114 Å². The Morgan fingerprint density at radius 1 is 1.16 bits per heavy atom. The highest BCUT2D eigenvalue weighted by Gasteiger charge is 2.20. The smallest absolute Gasteiger partial charge is 0.0724 e. The lowest BCUT2D eigenvalue weighted by molar-refractivity contribution is 0.0702. The molecule has 1 aromatic carbocycles. The van der Waals surface area contributed by atoms with Crippen LogP contribution in [0.5, 0.6) is 0 Å². The monoisotopic (exact) mass is 258 g/mol. The molecule has 0 bridgehead atoms. The van der Waals surface area contributed by atoms with Crippen LogP contribution < -0.4 is 5.73 Å². The van der Waals surface area contributed by atoms with Crippen molar-refractivity contribution in [3.8, 4) is 0 Å². The molecule has 1 aromatic heterocycles. The van der Waals surface area contributed by atoms with Gasteiger partial charge in [-0.2, -0.15) is 0 Å². The maximum absolute atomic E-state index is 6.24. The first-order valence-electron chi connectivity index (χ1n) is 6.88. The van der Waals surface area contributed by atoms with E-state index in [0.29, 0.717) is 13.2 Å². The minimum atomic E-state index is -0.206. The summed E-state index contributed by atoms with van der Waals surface area (Å²) in [6.07, 6.45) is 3.69. The molecule has 0 amide bonds. The largest absolute Gasteiger partial charge is 0.375 e. The molecule has 0 radical (unpaired) electrons. The molecule has 0 atom stereocenters. The Morgan fingerprint density at radius 3 is 2.63 bits per heavy atom. The van der Waals surface area contributed by atoms with Gasteiger partial charge in [-0.3, -0.25) is 4.98 Å². The van der Waals surface area contributed by atoms with Crippen molar-refractivity contribution in [2.75, 3.05) is 6.61 Å². The van der Waals surface area contributed by atoms with E-state index in [2.05, 4.69) is 24.9 Å². The summed E-state index contributed by atoms with van der Waals surface area (Å²) in [7, 11) is 0. The number of hydrogen-bond acceptors (Lipinski definition) is 3. The second-order valence-corrected chi connectivity index (χ2v) is 5.05. The van der Waals surface area contributed by atoms with Crippen LogP contribution in [0.3, 0.4) is 0 Å². The summed E-state index contributed by atoms with van der Waals surface area (Å²) in [5, 5.41) is 1.15. The third-order valence-corrected chi connectivity index (χ3v) is 3.79. The minimum absolute atomic E-state index is 0.206. The van der Waals surface area contributed by atoms with Crippen LogP contribution in [0, 0.1) is 0 Å². The first kappa shape index (κ1) is 14.0. The number of nitrogens with zero attached hydrogens (tertiary/aromatic N) is 1. The van der Waals surface area contributed by atoms with E-state index in [1.165, 1.54) is 5.56 Å². The SMILES string of the molecule is CCC(N)(CC)COCc1ccnc2ccccc12. The van der Waals surface area contributed by atoms with Crippen molar-refractivity contribution in [2.45, 2.75) is 38.8 Å². The molecular formula is C16H22N2O. The molecule has 0 fully saturated rings. The summed E-state index contributed by atoms with van der Waals surface area (Å²) in [5.41, 5.74) is 8.21. The van der Waals surface area contributed by atoms with Gasteiger partial charge >= 0.3 is 0 Å². The van der Waals surface area contributed by atoms with E-state index in [1.807, 2.05) is 30.5 Å². The molecule has 0 saturated heterocycles. The number of para-hydroxylation sites is 1. The lowest BCUT2D eigenvalue weighted by Gasteiger charge is -2.26. The first-order chi connectivity index (χ1) is 9.18. The number of hydrogen-bond donors (Lipinski definition) is 1. The van der Waals surface area contributed by atoms with Crippen molar-refractivity contribution in [1.29, 1.82) is 0 Å². The predicted molar refractivity (Wildman–Crippen MR) is 78.9 cm³/mol. The quantitative estimate of drug-likeness (QED) is 0.865. The lowest BCUT2D eigenvalue weighted by Crippen LogP contribution is -2.43. The average Bonchev–Trinajstić information content (AvgIpc) is 2.47. The van der Waals surface area contributed by atoms with Crippen LogP contribution in [0.25, 0.3) is 10.9 Å². The molecule has 0 spiro atoms. The number of fused-ring (bicyclic) bond motifs is 1. The van der Waals surface area contributed by atoms with Gasteiger partial charge in [0.05, 0.1) is 18.7 Å². The number of aromatic nitrogens is 1. The maximum Gasteiger partial charge on any atom is 0.0724 e. The van der Waals surface area contributed by atoms with Crippen LogP contribution >= 0.6 is 0 Å². The minimum Gasteiger partial charge on any atom is -0.375 e. The van der Waals surface area contributed by atoms with Gasteiger partial charge in [-0.15, -0.1) is 0 Å². The van der Waals surface area contributed by atoms with E-state index in [9.17, 15) is 0 Å². The highest BCUT2D eigenvalue weighted by molar-refractivity contribution is 5.81. The van der Waals surface area contributed by atoms with Gasteiger partial charge in [-0.05, 0) is 30.5 Å². The van der Waals surface area contributed by atoms with Crippen LogP contribution in [0.4, 0.5) is 0 Å². The van der Waals surface area contributed by atoms with Crippen molar-refractivity contribution >= 4 is 10.9 Å². The normalized spacial score (nSPS) is 11.9. The standard InChI is InChI=1S/C16H22N2O/c1-3-16(17,4-2)12-19-11-13-9-10-18-15-8-6-5-7-14(13)15/h5-10H,3-4,11-12,17H2,1-2H3. The van der Waals surface area contributed by atoms with E-state index in [-0.39, 0.29) is 5.54 Å². The summed E-state index contributed by atoms with van der Waals surface area (Å²) in [6.45, 7) is 5.39. The molecule has 19 heavy (non-hydrogen) atoms. The topological polar surface area (TPSA) is 48.1 Å². The summed E-state index contributed by atoms with van der Waals surface area (Å²) in [4.78, 5) is 4.35. The molecule has 0 aliphatic carbocycles. The second-order valence-electron chi connectivity index (χ2n) is 5.05. The molecule has 0 unspecified atom stereocenters. The fourth-order valence-corrected chi connectivity index (χ4v) is 2.10. The molecule has 102 valence electrons. The second kappa shape index (κ2) is 6.13. The molecule has 0 saturated carbocycles. The molecule has 2 N–H and O–H groups in total. The summed E-state index contributed by atoms with van der Waals surface area (Å²) < 4.78 is 5.82. The van der Waals surface area contributed by atoms with Crippen molar-refractivity contribution in [3.63, 3.8) is 0 Å². The van der Waals surface area contributed by atoms with Crippen LogP contribution in [-0.4, -0.2) is 17.1 Å². The molecule has 3 heteroatoms. The third kappa shape index (κ3) is 3.31. The zero-order valence-corrected chi connectivity index (χ0v) is 11.7. The number of ether oxygens (including phenoxy) is 1. The highest BCUT2D eigenvalue weighted by Crippen LogP contribution is 2.18. The molecule has 2 rings (SSSR count). The summed E-state index contributed by atoms with van der Waals surface area (Å²) >= 11 is 0. The van der Waals surface area contributed by atoms with Crippen molar-refractivity contribution in [1.82, 2.24) is 4.98 Å². The molecule has 2 aromatic rings. The number of pyridine rings is 1. The third-order valence-electron chi connectivity index (χ3n) is 3.79. The molecule has 0 aliphatic heterocycles. The van der Waals surface area contributed by atoms with Gasteiger partial charge in [0.2, 0.25) is 0 Å². The van der Waals surface area contributed by atoms with Crippen molar-refractivity contribution < 1.29 is 4.74 Å². The van der Waals surface area contributed by atoms with E-state index in [0.717, 1.165) is 23.7 Å². The Bertz CT molecular complexity index is 530. The predicted octanol–water partition coefficient (Wildman–Crippen LogP) is 3.27. The van der Waals surface area contributed by atoms with Gasteiger partial charge in [0.1, 0.15) is 0 Å². The highest BCUT2D eigenvalue weighted by atomic mass is 16.5. The fraction of sp³-hybridized carbons (Fsp3) is 0.438. The Hall–Kier alpha value is -1.45. The Kier molecular flexibility index (Phi) is 4.51. The van der Waals surface area contributed by atoms with Crippen LogP contribution in [-0.2, 0) is 11.3 Å². The lowest BCUT2D eigenvalue weighted by atomic mass is 9.96. The van der Waals surface area contributed by atoms with Gasteiger partial charge in [0, 0.05) is 17.1 Å². The number of rotatable bonds is 6. The fourth-order valence-electron chi connectivity index (χ4n) is 2.10. The van der Waals surface area contributed by atoms with E-state index >= 15 is 0 Å². The van der Waals surface area contributed by atoms with Crippen LogP contribution in [0.1, 0.15) is 32.3 Å². The zero-order chi connectivity index (χ0) is 13.7. The summed E-state index contributed by atoms with van der Waals surface area (Å²) in [5.74, 6) is 0. The molecule has 1 heterocycles. The zero-order valence-electron chi connectivity index (χ0n) is 11.7. The van der Waals surface area contributed by atoms with Gasteiger partial charge in [0.15, 0.2) is 0 Å². The Morgan fingerprint density at radius 2 is 1.89 bits per heavy atom. The van der Waals surface area contributed by atoms with Gasteiger partial charge < -0.3 is 10.5 Å². The molecular weight excluding hydrogens is 236 g/mol. The molecule has 0 aliphatic rings. The summed E-state index contributed by atoms with van der Waals surface area (Å²) in [6, 6.07) is 10.1. The first-order valence-corrected chi connectivity index (χ1v) is 6.88. The van der Waals surface area contributed by atoms with E-state index < -0.39 is 0 Å². The van der Waals surface area contributed by atoms with Gasteiger partial charge in [0.25, 0.3) is 0 Å². The average molecular weight is 258 g/mol. The number of benzene rings is 1. The molecule has 3 nitrogen and oxygen atoms in total. The van der Waals surface area contributed by atoms with Crippen molar-refractivity contribution in [2.24, 2.45) is 5.73 Å². The van der Waals surface area contributed by atoms with E-state index in [1.54, 1.807) is 0 Å². The maximum atomic E-state index is 6.24. The van der Waals surface area contributed by atoms with Crippen LogP contribution in [0.15, 0.2) is 36.5 Å². The van der Waals surface area contributed by atoms with Crippen LogP contribution in [0.2, 0.25) is 0 Å². The van der Waals surface area contributed by atoms with Crippen molar-refractivity contribution in [3.05, 3.63) is 42.1 Å². The van der Waals surface area contributed by atoms with Gasteiger partial charge in [-0.1, -0.05) is 32.0 Å². The van der Waals surface area contributed by atoms with Gasteiger partial charge in [-0.25, -0.2) is 0 Å². The Balaban J connectivity index is 2.06. The van der Waals surface area contributed by atoms with E-state index in [4.69, 9.17) is 10.5 Å².